The molecular formula is C24H23N3. The summed E-state index contributed by atoms with van der Waals surface area (Å²) in [5.41, 5.74) is 5.90. The molecule has 0 saturated carbocycles. The van der Waals surface area contributed by atoms with Crippen molar-refractivity contribution in [1.82, 2.24) is 14.8 Å². The molecule has 27 heavy (non-hydrogen) atoms. The van der Waals surface area contributed by atoms with Crippen molar-refractivity contribution in [1.29, 1.82) is 0 Å². The molecule has 0 amide bonds. The molecule has 0 fully saturated rings. The van der Waals surface area contributed by atoms with Crippen molar-refractivity contribution in [2.75, 3.05) is 0 Å². The average Bonchev–Trinajstić information content (AvgIpc) is 3.18. The van der Waals surface area contributed by atoms with Gasteiger partial charge in [0, 0.05) is 11.3 Å². The van der Waals surface area contributed by atoms with Crippen LogP contribution in [0, 0.1) is 0 Å². The molecule has 0 aliphatic carbocycles. The first-order valence-corrected chi connectivity index (χ1v) is 9.20. The second-order valence-electron chi connectivity index (χ2n) is 7.73. The van der Waals surface area contributed by atoms with Crippen LogP contribution in [0.1, 0.15) is 26.3 Å². The number of hydrogen-bond acceptors (Lipinski definition) is 2. The number of hydrogen-bond donors (Lipinski definition) is 0. The van der Waals surface area contributed by atoms with Gasteiger partial charge < -0.3 is 0 Å². The molecule has 0 saturated heterocycles. The van der Waals surface area contributed by atoms with Crippen LogP contribution in [0.4, 0.5) is 0 Å². The van der Waals surface area contributed by atoms with Gasteiger partial charge in [-0.2, -0.15) is 0 Å². The summed E-state index contributed by atoms with van der Waals surface area (Å²) in [6.45, 7) is 6.67. The summed E-state index contributed by atoms with van der Waals surface area (Å²) in [4.78, 5) is 0. The van der Waals surface area contributed by atoms with Gasteiger partial charge in [-0.15, -0.1) is 10.2 Å². The van der Waals surface area contributed by atoms with Crippen molar-refractivity contribution in [3.8, 4) is 28.2 Å². The zero-order valence-electron chi connectivity index (χ0n) is 15.9. The fourth-order valence-electron chi connectivity index (χ4n) is 3.28. The minimum absolute atomic E-state index is 0.133. The second-order valence-corrected chi connectivity index (χ2v) is 7.73. The van der Waals surface area contributed by atoms with Crippen molar-refractivity contribution < 1.29 is 0 Å². The first kappa shape index (κ1) is 17.2. The third-order valence-electron chi connectivity index (χ3n) is 4.81. The minimum Gasteiger partial charge on any atom is -0.282 e. The van der Waals surface area contributed by atoms with E-state index in [1.807, 2.05) is 16.7 Å². The summed E-state index contributed by atoms with van der Waals surface area (Å²) >= 11 is 0. The molecule has 1 aromatic heterocycles. The summed E-state index contributed by atoms with van der Waals surface area (Å²) in [5.74, 6) is 0.845. The maximum absolute atomic E-state index is 4.43. The molecule has 0 bridgehead atoms. The molecule has 0 aliphatic heterocycles. The standard InChI is InChI=1S/C24H23N3/c1-24(2,3)19-13-15-20(16-14-19)27-17-25-26-23(27)22-12-8-7-11-21(22)18-9-5-4-6-10-18/h4-17H,1-3H3. The highest BCUT2D eigenvalue weighted by molar-refractivity contribution is 5.81. The smallest absolute Gasteiger partial charge is 0.168 e. The first-order chi connectivity index (χ1) is 13.0. The van der Waals surface area contributed by atoms with E-state index in [2.05, 4.69) is 97.7 Å². The lowest BCUT2D eigenvalue weighted by atomic mass is 9.87. The van der Waals surface area contributed by atoms with E-state index in [9.17, 15) is 0 Å². The minimum atomic E-state index is 0.133. The van der Waals surface area contributed by atoms with E-state index in [-0.39, 0.29) is 5.41 Å². The molecule has 3 aromatic carbocycles. The highest BCUT2D eigenvalue weighted by Crippen LogP contribution is 2.32. The molecule has 1 heterocycles. The van der Waals surface area contributed by atoms with E-state index in [0.717, 1.165) is 22.6 Å². The molecule has 0 N–H and O–H groups in total. The molecule has 0 unspecified atom stereocenters. The Labute approximate surface area is 160 Å². The van der Waals surface area contributed by atoms with Gasteiger partial charge in [0.25, 0.3) is 0 Å². The number of aromatic nitrogens is 3. The SMILES string of the molecule is CC(C)(C)c1ccc(-n2cnnc2-c2ccccc2-c2ccccc2)cc1. The Morgan fingerprint density at radius 1 is 0.704 bits per heavy atom. The maximum atomic E-state index is 4.43. The van der Waals surface area contributed by atoms with Crippen molar-refractivity contribution >= 4 is 0 Å². The molecular weight excluding hydrogens is 330 g/mol. The lowest BCUT2D eigenvalue weighted by Gasteiger charge is -2.19. The van der Waals surface area contributed by atoms with Gasteiger partial charge in [0.05, 0.1) is 0 Å². The van der Waals surface area contributed by atoms with Crippen LogP contribution in [0.2, 0.25) is 0 Å². The van der Waals surface area contributed by atoms with Gasteiger partial charge in [-0.1, -0.05) is 87.5 Å². The number of rotatable bonds is 3. The molecule has 0 radical (unpaired) electrons. The molecule has 0 spiro atoms. The third kappa shape index (κ3) is 3.41. The fraction of sp³-hybridized carbons (Fsp3) is 0.167. The van der Waals surface area contributed by atoms with E-state index in [1.54, 1.807) is 6.33 Å². The van der Waals surface area contributed by atoms with Gasteiger partial charge in [0.2, 0.25) is 0 Å². The Hall–Kier alpha value is -3.20. The van der Waals surface area contributed by atoms with Gasteiger partial charge in [0.1, 0.15) is 6.33 Å². The maximum Gasteiger partial charge on any atom is 0.168 e. The fourth-order valence-corrected chi connectivity index (χ4v) is 3.28. The molecule has 4 aromatic rings. The predicted octanol–water partition coefficient (Wildman–Crippen LogP) is 5.90. The third-order valence-corrected chi connectivity index (χ3v) is 4.81. The summed E-state index contributed by atoms with van der Waals surface area (Å²) in [6, 6.07) is 27.4. The highest BCUT2D eigenvalue weighted by atomic mass is 15.3. The number of benzene rings is 3. The molecule has 4 rings (SSSR count). The lowest BCUT2D eigenvalue weighted by molar-refractivity contribution is 0.590. The zero-order valence-corrected chi connectivity index (χ0v) is 15.9. The van der Waals surface area contributed by atoms with Crippen LogP contribution in [0.25, 0.3) is 28.2 Å². The summed E-state index contributed by atoms with van der Waals surface area (Å²) in [5, 5.41) is 8.63. The Morgan fingerprint density at radius 3 is 2.00 bits per heavy atom. The highest BCUT2D eigenvalue weighted by Gasteiger charge is 2.16. The largest absolute Gasteiger partial charge is 0.282 e. The Kier molecular flexibility index (Phi) is 4.36. The van der Waals surface area contributed by atoms with E-state index in [0.29, 0.717) is 0 Å². The zero-order chi connectivity index (χ0) is 18.9. The van der Waals surface area contributed by atoms with Gasteiger partial charge >= 0.3 is 0 Å². The van der Waals surface area contributed by atoms with E-state index >= 15 is 0 Å². The monoisotopic (exact) mass is 353 g/mol. The van der Waals surface area contributed by atoms with Gasteiger partial charge in [-0.05, 0) is 34.2 Å². The van der Waals surface area contributed by atoms with Gasteiger partial charge in [-0.3, -0.25) is 4.57 Å². The molecule has 3 heteroatoms. The van der Waals surface area contributed by atoms with Gasteiger partial charge in [-0.25, -0.2) is 0 Å². The van der Waals surface area contributed by atoms with Crippen molar-refractivity contribution in [3.63, 3.8) is 0 Å². The summed E-state index contributed by atoms with van der Waals surface area (Å²) in [7, 11) is 0. The summed E-state index contributed by atoms with van der Waals surface area (Å²) in [6.07, 6.45) is 1.78. The Bertz CT molecular complexity index is 1040. The quantitative estimate of drug-likeness (QED) is 0.459. The topological polar surface area (TPSA) is 30.7 Å². The normalized spacial score (nSPS) is 11.5. The van der Waals surface area contributed by atoms with Crippen molar-refractivity contribution in [3.05, 3.63) is 90.8 Å². The van der Waals surface area contributed by atoms with E-state index in [1.165, 1.54) is 11.1 Å². The average molecular weight is 353 g/mol. The molecule has 134 valence electrons. The van der Waals surface area contributed by atoms with E-state index < -0.39 is 0 Å². The predicted molar refractivity (Wildman–Crippen MR) is 111 cm³/mol. The lowest BCUT2D eigenvalue weighted by Crippen LogP contribution is -2.10. The van der Waals surface area contributed by atoms with Crippen LogP contribution in [0.3, 0.4) is 0 Å². The van der Waals surface area contributed by atoms with Gasteiger partial charge in [0.15, 0.2) is 5.82 Å². The number of nitrogens with zero attached hydrogens (tertiary/aromatic N) is 3. The Balaban J connectivity index is 1.80. The van der Waals surface area contributed by atoms with Crippen LogP contribution >= 0.6 is 0 Å². The Morgan fingerprint density at radius 2 is 1.33 bits per heavy atom. The van der Waals surface area contributed by atoms with Crippen LogP contribution < -0.4 is 0 Å². The molecule has 3 nitrogen and oxygen atoms in total. The second kappa shape index (κ2) is 6.84. The van der Waals surface area contributed by atoms with Crippen LogP contribution in [0.5, 0.6) is 0 Å². The molecule has 0 atom stereocenters. The van der Waals surface area contributed by atoms with Crippen molar-refractivity contribution in [2.24, 2.45) is 0 Å². The van der Waals surface area contributed by atoms with Crippen molar-refractivity contribution in [2.45, 2.75) is 26.2 Å². The van der Waals surface area contributed by atoms with Crippen LogP contribution in [0.15, 0.2) is 85.2 Å². The first-order valence-electron chi connectivity index (χ1n) is 9.20. The van der Waals surface area contributed by atoms with Crippen LogP contribution in [-0.2, 0) is 5.41 Å². The molecule has 0 aliphatic rings. The van der Waals surface area contributed by atoms with E-state index in [4.69, 9.17) is 0 Å². The van der Waals surface area contributed by atoms with Crippen LogP contribution in [-0.4, -0.2) is 14.8 Å². The summed E-state index contributed by atoms with van der Waals surface area (Å²) < 4.78 is 2.05.